The number of benzene rings is 1. The van der Waals surface area contributed by atoms with Gasteiger partial charge in [-0.05, 0) is 61.6 Å². The van der Waals surface area contributed by atoms with Gasteiger partial charge in [0, 0.05) is 13.2 Å². The molecule has 128 valence electrons. The Morgan fingerprint density at radius 2 is 1.65 bits per heavy atom. The Morgan fingerprint density at radius 3 is 2.43 bits per heavy atom. The molecule has 23 heavy (non-hydrogen) atoms. The number of rotatable bonds is 2. The molecule has 2 nitrogen and oxygen atoms in total. The molecular formula is C18H23F3O2. The minimum atomic E-state index is -1.38. The van der Waals surface area contributed by atoms with Crippen LogP contribution in [-0.4, -0.2) is 25.9 Å². The summed E-state index contributed by atoms with van der Waals surface area (Å²) < 4.78 is 51.5. The number of hydrogen-bond acceptors (Lipinski definition) is 2. The zero-order valence-corrected chi connectivity index (χ0v) is 13.2. The summed E-state index contributed by atoms with van der Waals surface area (Å²) in [5.41, 5.74) is 0.570. The molecule has 0 bridgehead atoms. The van der Waals surface area contributed by atoms with E-state index in [1.54, 1.807) is 0 Å². The molecule has 3 unspecified atom stereocenters. The molecule has 0 N–H and O–H groups in total. The van der Waals surface area contributed by atoms with Gasteiger partial charge >= 0.3 is 0 Å². The summed E-state index contributed by atoms with van der Waals surface area (Å²) in [4.78, 5) is 0. The smallest absolute Gasteiger partial charge is 0.194 e. The van der Waals surface area contributed by atoms with Crippen molar-refractivity contribution in [1.29, 1.82) is 0 Å². The van der Waals surface area contributed by atoms with Gasteiger partial charge in [-0.15, -0.1) is 0 Å². The summed E-state index contributed by atoms with van der Waals surface area (Å²) in [5.74, 6) is -3.07. The van der Waals surface area contributed by atoms with Crippen molar-refractivity contribution in [3.8, 4) is 0 Å². The van der Waals surface area contributed by atoms with Crippen molar-refractivity contribution >= 4 is 0 Å². The van der Waals surface area contributed by atoms with Gasteiger partial charge in [0.1, 0.15) is 0 Å². The minimum absolute atomic E-state index is 0.0799. The largest absolute Gasteiger partial charge is 0.379 e. The van der Waals surface area contributed by atoms with Crippen LogP contribution in [0.2, 0.25) is 0 Å². The van der Waals surface area contributed by atoms with Crippen LogP contribution in [0.25, 0.3) is 0 Å². The van der Waals surface area contributed by atoms with Crippen LogP contribution in [0, 0.1) is 23.4 Å². The van der Waals surface area contributed by atoms with Crippen LogP contribution in [0.4, 0.5) is 13.2 Å². The molecule has 3 atom stereocenters. The van der Waals surface area contributed by atoms with E-state index in [-0.39, 0.29) is 12.0 Å². The molecule has 0 aromatic heterocycles. The molecule has 0 amide bonds. The minimum Gasteiger partial charge on any atom is -0.379 e. The predicted octanol–water partition coefficient (Wildman–Crippen LogP) is 4.57. The third-order valence-electron chi connectivity index (χ3n) is 5.06. The lowest BCUT2D eigenvalue weighted by atomic mass is 9.90. The van der Waals surface area contributed by atoms with E-state index in [1.165, 1.54) is 0 Å². The van der Waals surface area contributed by atoms with Gasteiger partial charge in [0.2, 0.25) is 0 Å². The molecule has 5 heteroatoms. The van der Waals surface area contributed by atoms with E-state index in [9.17, 15) is 13.2 Å². The highest BCUT2D eigenvalue weighted by atomic mass is 19.2. The second-order valence-electron chi connectivity index (χ2n) is 6.60. The quantitative estimate of drug-likeness (QED) is 0.585. The molecule has 3 rings (SSSR count). The van der Waals surface area contributed by atoms with Crippen molar-refractivity contribution in [2.24, 2.45) is 5.92 Å². The fourth-order valence-corrected chi connectivity index (χ4v) is 3.76. The van der Waals surface area contributed by atoms with E-state index in [1.807, 2.05) is 0 Å². The van der Waals surface area contributed by atoms with E-state index in [0.29, 0.717) is 18.1 Å². The molecule has 0 spiro atoms. The van der Waals surface area contributed by atoms with E-state index < -0.39 is 17.5 Å². The SMILES string of the molecule is Fc1cc(C2CCCC(C3COCCCO3)CC2)cc(F)c1F. The predicted molar refractivity (Wildman–Crippen MR) is 80.8 cm³/mol. The summed E-state index contributed by atoms with van der Waals surface area (Å²) in [6, 6.07) is 2.29. The van der Waals surface area contributed by atoms with E-state index in [2.05, 4.69) is 0 Å². The van der Waals surface area contributed by atoms with Crippen LogP contribution < -0.4 is 0 Å². The highest BCUT2D eigenvalue weighted by Crippen LogP contribution is 2.37. The van der Waals surface area contributed by atoms with E-state index in [4.69, 9.17) is 9.47 Å². The zero-order valence-electron chi connectivity index (χ0n) is 13.2. The lowest BCUT2D eigenvalue weighted by Crippen LogP contribution is -2.27. The fourth-order valence-electron chi connectivity index (χ4n) is 3.76. The van der Waals surface area contributed by atoms with Gasteiger partial charge in [-0.25, -0.2) is 13.2 Å². The Kier molecular flexibility index (Phi) is 5.59. The molecule has 1 aromatic carbocycles. The first-order valence-corrected chi connectivity index (χ1v) is 8.49. The maximum atomic E-state index is 13.5. The monoisotopic (exact) mass is 328 g/mol. The third kappa shape index (κ3) is 4.07. The van der Waals surface area contributed by atoms with Crippen molar-refractivity contribution in [3.05, 3.63) is 35.1 Å². The molecule has 2 aliphatic rings. The highest BCUT2D eigenvalue weighted by molar-refractivity contribution is 5.23. The number of hydrogen-bond donors (Lipinski definition) is 0. The van der Waals surface area contributed by atoms with Crippen LogP contribution in [-0.2, 0) is 9.47 Å². The Labute approximate surface area is 135 Å². The van der Waals surface area contributed by atoms with Crippen molar-refractivity contribution in [2.75, 3.05) is 19.8 Å². The van der Waals surface area contributed by atoms with Crippen molar-refractivity contribution < 1.29 is 22.6 Å². The molecule has 1 aromatic rings. The van der Waals surface area contributed by atoms with Crippen LogP contribution in [0.1, 0.15) is 50.0 Å². The lowest BCUT2D eigenvalue weighted by molar-refractivity contribution is -0.0153. The average molecular weight is 328 g/mol. The number of ether oxygens (including phenoxy) is 2. The van der Waals surface area contributed by atoms with Crippen LogP contribution in [0.3, 0.4) is 0 Å². The third-order valence-corrected chi connectivity index (χ3v) is 5.06. The number of halogens is 3. The van der Waals surface area contributed by atoms with Gasteiger partial charge < -0.3 is 9.47 Å². The second kappa shape index (κ2) is 7.67. The summed E-state index contributed by atoms with van der Waals surface area (Å²) in [6.45, 7) is 2.12. The van der Waals surface area contributed by atoms with Gasteiger partial charge in [0.25, 0.3) is 0 Å². The van der Waals surface area contributed by atoms with Crippen molar-refractivity contribution in [1.82, 2.24) is 0 Å². The molecule has 1 saturated heterocycles. The van der Waals surface area contributed by atoms with Crippen LogP contribution in [0.15, 0.2) is 12.1 Å². The second-order valence-corrected chi connectivity index (χ2v) is 6.60. The van der Waals surface area contributed by atoms with E-state index in [0.717, 1.165) is 63.9 Å². The standard InChI is InChI=1S/C18H23F3O2/c19-15-9-14(10-16(20)18(15)21)12-3-1-4-13(6-5-12)17-11-22-7-2-8-23-17/h9-10,12-13,17H,1-8,11H2. The summed E-state index contributed by atoms with van der Waals surface area (Å²) >= 11 is 0. The first-order valence-electron chi connectivity index (χ1n) is 8.49. The van der Waals surface area contributed by atoms with Gasteiger partial charge in [-0.3, -0.25) is 0 Å². The molecule has 0 radical (unpaired) electrons. The van der Waals surface area contributed by atoms with Gasteiger partial charge in [0.15, 0.2) is 17.5 Å². The van der Waals surface area contributed by atoms with Gasteiger partial charge in [-0.1, -0.05) is 6.42 Å². The Hall–Kier alpha value is -1.07. The van der Waals surface area contributed by atoms with Crippen LogP contribution in [0.5, 0.6) is 0 Å². The molecular weight excluding hydrogens is 305 g/mol. The average Bonchev–Trinajstić information content (AvgIpc) is 2.94. The van der Waals surface area contributed by atoms with Crippen molar-refractivity contribution in [2.45, 2.75) is 50.5 Å². The maximum Gasteiger partial charge on any atom is 0.194 e. The molecule has 1 heterocycles. The normalized spacial score (nSPS) is 29.8. The summed E-state index contributed by atoms with van der Waals surface area (Å²) in [5, 5.41) is 0. The lowest BCUT2D eigenvalue weighted by Gasteiger charge is -2.24. The van der Waals surface area contributed by atoms with Gasteiger partial charge in [0.05, 0.1) is 12.7 Å². The summed E-state index contributed by atoms with van der Waals surface area (Å²) in [7, 11) is 0. The zero-order chi connectivity index (χ0) is 16.2. The topological polar surface area (TPSA) is 18.5 Å². The Balaban J connectivity index is 1.66. The fraction of sp³-hybridized carbons (Fsp3) is 0.667. The van der Waals surface area contributed by atoms with E-state index >= 15 is 0 Å². The van der Waals surface area contributed by atoms with Crippen LogP contribution >= 0.6 is 0 Å². The van der Waals surface area contributed by atoms with Crippen molar-refractivity contribution in [3.63, 3.8) is 0 Å². The molecule has 1 saturated carbocycles. The highest BCUT2D eigenvalue weighted by Gasteiger charge is 2.28. The first kappa shape index (κ1) is 16.8. The molecule has 2 fully saturated rings. The first-order chi connectivity index (χ1) is 11.1. The maximum absolute atomic E-state index is 13.5. The Morgan fingerprint density at radius 1 is 0.870 bits per heavy atom. The Bertz CT molecular complexity index is 504. The summed E-state index contributed by atoms with van der Waals surface area (Å²) in [6.07, 6.45) is 5.73. The molecule has 1 aliphatic heterocycles. The molecule has 1 aliphatic carbocycles. The van der Waals surface area contributed by atoms with Gasteiger partial charge in [-0.2, -0.15) is 0 Å².